The molecule has 0 saturated heterocycles. The van der Waals surface area contributed by atoms with Gasteiger partial charge in [-0.05, 0) is 42.0 Å². The summed E-state index contributed by atoms with van der Waals surface area (Å²) in [6.07, 6.45) is 0. The quantitative estimate of drug-likeness (QED) is 0.677. The third-order valence-corrected chi connectivity index (χ3v) is 2.93. The first-order valence-electron chi connectivity index (χ1n) is 5.17. The van der Waals surface area contributed by atoms with Crippen LogP contribution in [0.2, 0.25) is 10.0 Å². The molecule has 0 spiro atoms. The molecule has 2 aromatic rings. The molecule has 2 N–H and O–H groups in total. The van der Waals surface area contributed by atoms with Crippen LogP contribution in [-0.4, -0.2) is 0 Å². The van der Waals surface area contributed by atoms with Gasteiger partial charge in [-0.2, -0.15) is 0 Å². The van der Waals surface area contributed by atoms with Crippen molar-refractivity contribution in [3.05, 3.63) is 64.1 Å². The van der Waals surface area contributed by atoms with Gasteiger partial charge >= 0.3 is 0 Å². The Bertz CT molecular complexity index is 483. The molecule has 0 unspecified atom stereocenters. The molecule has 0 saturated carbocycles. The SMILES string of the molecule is Cl.NN(Cc1ccc(Cl)cc1)c1ccc(Cl)cc1. The Morgan fingerprint density at radius 2 is 1.28 bits per heavy atom. The Labute approximate surface area is 123 Å². The smallest absolute Gasteiger partial charge is 0.0592 e. The fraction of sp³-hybridized carbons (Fsp3) is 0.0769. The molecule has 0 heterocycles. The van der Waals surface area contributed by atoms with E-state index in [1.54, 1.807) is 5.01 Å². The van der Waals surface area contributed by atoms with E-state index in [1.807, 2.05) is 48.5 Å². The standard InChI is InChI=1S/C13H12Cl2N2.ClH/c14-11-3-1-10(2-4-11)9-17(16)13-7-5-12(15)6-8-13;/h1-8H,9,16H2;1H. The maximum atomic E-state index is 5.97. The predicted molar refractivity (Wildman–Crippen MR) is 80.5 cm³/mol. The van der Waals surface area contributed by atoms with Crippen molar-refractivity contribution in [2.45, 2.75) is 6.54 Å². The minimum Gasteiger partial charge on any atom is -0.307 e. The summed E-state index contributed by atoms with van der Waals surface area (Å²) in [5.74, 6) is 5.97. The zero-order chi connectivity index (χ0) is 12.3. The average Bonchev–Trinajstić information content (AvgIpc) is 2.33. The zero-order valence-corrected chi connectivity index (χ0v) is 11.8. The van der Waals surface area contributed by atoms with Crippen LogP contribution in [-0.2, 0) is 6.54 Å². The first-order chi connectivity index (χ1) is 8.15. The van der Waals surface area contributed by atoms with Crippen molar-refractivity contribution in [1.82, 2.24) is 0 Å². The van der Waals surface area contributed by atoms with Crippen LogP contribution >= 0.6 is 35.6 Å². The molecule has 2 rings (SSSR count). The van der Waals surface area contributed by atoms with E-state index < -0.39 is 0 Å². The second-order valence-corrected chi connectivity index (χ2v) is 4.60. The van der Waals surface area contributed by atoms with E-state index in [0.29, 0.717) is 11.6 Å². The molecule has 0 aliphatic rings. The van der Waals surface area contributed by atoms with Crippen molar-refractivity contribution in [3.63, 3.8) is 0 Å². The topological polar surface area (TPSA) is 29.3 Å². The number of halogens is 3. The maximum absolute atomic E-state index is 5.97. The molecular formula is C13H13Cl3N2. The van der Waals surface area contributed by atoms with Crippen LogP contribution < -0.4 is 10.9 Å². The van der Waals surface area contributed by atoms with E-state index in [0.717, 1.165) is 16.3 Å². The van der Waals surface area contributed by atoms with E-state index in [1.165, 1.54) is 0 Å². The second-order valence-electron chi connectivity index (χ2n) is 3.73. The normalized spacial score (nSPS) is 9.72. The monoisotopic (exact) mass is 302 g/mol. The zero-order valence-electron chi connectivity index (χ0n) is 9.51. The van der Waals surface area contributed by atoms with Gasteiger partial charge in [0.15, 0.2) is 0 Å². The molecule has 0 fully saturated rings. The molecule has 0 aliphatic heterocycles. The van der Waals surface area contributed by atoms with Gasteiger partial charge in [0.1, 0.15) is 0 Å². The van der Waals surface area contributed by atoms with E-state index in [-0.39, 0.29) is 12.4 Å². The molecule has 0 amide bonds. The average molecular weight is 304 g/mol. The number of hydrazine groups is 1. The van der Waals surface area contributed by atoms with Gasteiger partial charge in [0, 0.05) is 10.0 Å². The summed E-state index contributed by atoms with van der Waals surface area (Å²) < 4.78 is 0. The molecule has 0 atom stereocenters. The Morgan fingerprint density at radius 1 is 0.833 bits per heavy atom. The highest BCUT2D eigenvalue weighted by Gasteiger charge is 2.02. The highest BCUT2D eigenvalue weighted by atomic mass is 35.5. The molecule has 2 aromatic carbocycles. The first kappa shape index (κ1) is 15.1. The summed E-state index contributed by atoms with van der Waals surface area (Å²) in [5, 5.41) is 3.09. The summed E-state index contributed by atoms with van der Waals surface area (Å²) >= 11 is 11.6. The van der Waals surface area contributed by atoms with Crippen LogP contribution in [0.25, 0.3) is 0 Å². The van der Waals surface area contributed by atoms with Crippen molar-refractivity contribution in [1.29, 1.82) is 0 Å². The Kier molecular flexibility index (Phi) is 5.76. The lowest BCUT2D eigenvalue weighted by atomic mass is 10.2. The van der Waals surface area contributed by atoms with E-state index in [4.69, 9.17) is 29.0 Å². The molecule has 0 aromatic heterocycles. The van der Waals surface area contributed by atoms with E-state index in [9.17, 15) is 0 Å². The van der Waals surface area contributed by atoms with Crippen molar-refractivity contribution in [2.75, 3.05) is 5.01 Å². The van der Waals surface area contributed by atoms with Crippen LogP contribution in [0.5, 0.6) is 0 Å². The van der Waals surface area contributed by atoms with Crippen molar-refractivity contribution in [2.24, 2.45) is 5.84 Å². The summed E-state index contributed by atoms with van der Waals surface area (Å²) in [7, 11) is 0. The highest BCUT2D eigenvalue weighted by Crippen LogP contribution is 2.18. The van der Waals surface area contributed by atoms with Gasteiger partial charge in [0.25, 0.3) is 0 Å². The number of benzene rings is 2. The van der Waals surface area contributed by atoms with Crippen LogP contribution in [0.4, 0.5) is 5.69 Å². The molecule has 0 radical (unpaired) electrons. The lowest BCUT2D eigenvalue weighted by Crippen LogP contribution is -2.29. The van der Waals surface area contributed by atoms with Crippen molar-refractivity contribution in [3.8, 4) is 0 Å². The number of hydrogen-bond acceptors (Lipinski definition) is 2. The fourth-order valence-corrected chi connectivity index (χ4v) is 1.76. The van der Waals surface area contributed by atoms with Crippen LogP contribution in [0.15, 0.2) is 48.5 Å². The number of nitrogens with zero attached hydrogens (tertiary/aromatic N) is 1. The molecule has 2 nitrogen and oxygen atoms in total. The fourth-order valence-electron chi connectivity index (χ4n) is 1.51. The highest BCUT2D eigenvalue weighted by molar-refractivity contribution is 6.30. The first-order valence-corrected chi connectivity index (χ1v) is 5.93. The predicted octanol–water partition coefficient (Wildman–Crippen LogP) is 4.30. The Hall–Kier alpha value is -0.930. The Balaban J connectivity index is 0.00000162. The lowest BCUT2D eigenvalue weighted by molar-refractivity contribution is 0.853. The minimum atomic E-state index is 0. The van der Waals surface area contributed by atoms with Gasteiger partial charge in [-0.25, -0.2) is 5.84 Å². The van der Waals surface area contributed by atoms with Gasteiger partial charge in [0.2, 0.25) is 0 Å². The summed E-state index contributed by atoms with van der Waals surface area (Å²) in [5.41, 5.74) is 2.02. The third-order valence-electron chi connectivity index (χ3n) is 2.42. The number of anilines is 1. The van der Waals surface area contributed by atoms with Crippen LogP contribution in [0, 0.1) is 0 Å². The van der Waals surface area contributed by atoms with Gasteiger partial charge in [-0.3, -0.25) is 0 Å². The van der Waals surface area contributed by atoms with Crippen molar-refractivity contribution >= 4 is 41.3 Å². The lowest BCUT2D eigenvalue weighted by Gasteiger charge is -2.18. The molecule has 0 aliphatic carbocycles. The molecule has 5 heteroatoms. The Morgan fingerprint density at radius 3 is 1.78 bits per heavy atom. The molecule has 96 valence electrons. The van der Waals surface area contributed by atoms with E-state index in [2.05, 4.69) is 0 Å². The maximum Gasteiger partial charge on any atom is 0.0592 e. The van der Waals surface area contributed by atoms with Gasteiger partial charge in [-0.1, -0.05) is 35.3 Å². The van der Waals surface area contributed by atoms with Gasteiger partial charge in [-0.15, -0.1) is 12.4 Å². The molecular weight excluding hydrogens is 291 g/mol. The third kappa shape index (κ3) is 4.07. The minimum absolute atomic E-state index is 0. The van der Waals surface area contributed by atoms with Crippen molar-refractivity contribution < 1.29 is 0 Å². The van der Waals surface area contributed by atoms with E-state index >= 15 is 0 Å². The summed E-state index contributed by atoms with van der Waals surface area (Å²) in [6.45, 7) is 0.624. The second kappa shape index (κ2) is 6.86. The molecule has 18 heavy (non-hydrogen) atoms. The van der Waals surface area contributed by atoms with Gasteiger partial charge in [0.05, 0.1) is 12.2 Å². The van der Waals surface area contributed by atoms with Crippen LogP contribution in [0.1, 0.15) is 5.56 Å². The number of nitrogens with two attached hydrogens (primary N) is 1. The largest absolute Gasteiger partial charge is 0.307 e. The van der Waals surface area contributed by atoms with Crippen LogP contribution in [0.3, 0.4) is 0 Å². The molecule has 0 bridgehead atoms. The summed E-state index contributed by atoms with van der Waals surface area (Å²) in [4.78, 5) is 0. The summed E-state index contributed by atoms with van der Waals surface area (Å²) in [6, 6.07) is 15.0. The number of hydrogen-bond donors (Lipinski definition) is 1. The number of rotatable bonds is 3. The van der Waals surface area contributed by atoms with Gasteiger partial charge < -0.3 is 5.01 Å².